The molecule has 8 rings (SSSR count). The lowest BCUT2D eigenvalue weighted by atomic mass is 9.44. The van der Waals surface area contributed by atoms with Gasteiger partial charge in [-0.25, -0.2) is 0 Å². The summed E-state index contributed by atoms with van der Waals surface area (Å²) >= 11 is 0. The van der Waals surface area contributed by atoms with E-state index in [1.165, 1.54) is 25.7 Å². The summed E-state index contributed by atoms with van der Waals surface area (Å²) < 4.78 is 0. The van der Waals surface area contributed by atoms with Gasteiger partial charge in [-0.05, 0) is 110 Å². The van der Waals surface area contributed by atoms with E-state index in [2.05, 4.69) is 23.7 Å². The predicted octanol–water partition coefficient (Wildman–Crippen LogP) is 4.73. The number of fused-ring (bicyclic) bond motifs is 6. The molecule has 4 saturated carbocycles. The molecule has 0 spiro atoms. The fraction of sp³-hybridized carbons (Fsp3) is 0.711. The molecule has 4 unspecified atom stereocenters. The van der Waals surface area contributed by atoms with E-state index in [0.717, 1.165) is 56.0 Å². The van der Waals surface area contributed by atoms with Crippen molar-refractivity contribution < 1.29 is 19.8 Å². The summed E-state index contributed by atoms with van der Waals surface area (Å²) in [7, 11) is 0. The highest BCUT2D eigenvalue weighted by atomic mass is 16.3. The standard InChI is InChI=1S/C38H52N4O4/c1-37-14-13-29-27(28(37)11-12-34(37)44)10-9-26-21-33(43)32(22-38(26,29)2)40-16-18-41(19-17-40)36(46)31-8-5-15-42(31)35(45)30-20-24-6-3-4-7-25(24)23-39-30/h3-4,6-7,20,23,26-29,31-34,43-44H,5,8-19,21-22H2,1-2H3/t26?,27-,28-,29+,31-,32?,33?,34?,37-,38-/m0/s1. The lowest BCUT2D eigenvalue weighted by molar-refractivity contribution is -0.157. The number of rotatable bonds is 3. The van der Waals surface area contributed by atoms with E-state index in [4.69, 9.17) is 0 Å². The van der Waals surface area contributed by atoms with Crippen LogP contribution < -0.4 is 0 Å². The molecule has 46 heavy (non-hydrogen) atoms. The summed E-state index contributed by atoms with van der Waals surface area (Å²) in [6.07, 6.45) is 11.6. The highest BCUT2D eigenvalue weighted by Gasteiger charge is 2.61. The molecule has 2 amide bonds. The van der Waals surface area contributed by atoms with E-state index in [-0.39, 0.29) is 40.9 Å². The Hall–Kier alpha value is -2.55. The van der Waals surface area contributed by atoms with Crippen LogP contribution in [0, 0.1) is 34.5 Å². The number of aliphatic hydroxyl groups excluding tert-OH is 2. The predicted molar refractivity (Wildman–Crippen MR) is 177 cm³/mol. The van der Waals surface area contributed by atoms with Crippen LogP contribution in [0.2, 0.25) is 0 Å². The smallest absolute Gasteiger partial charge is 0.273 e. The molecular weight excluding hydrogens is 576 g/mol. The molecule has 6 aliphatic rings. The number of amides is 2. The molecule has 10 atom stereocenters. The van der Waals surface area contributed by atoms with Crippen molar-refractivity contribution in [2.75, 3.05) is 32.7 Å². The number of carbonyl (C=O) groups is 2. The van der Waals surface area contributed by atoms with E-state index >= 15 is 0 Å². The van der Waals surface area contributed by atoms with Gasteiger partial charge in [-0.2, -0.15) is 0 Å². The van der Waals surface area contributed by atoms with Crippen molar-refractivity contribution in [1.82, 2.24) is 19.7 Å². The molecule has 1 aromatic carbocycles. The van der Waals surface area contributed by atoms with Crippen molar-refractivity contribution in [2.24, 2.45) is 34.5 Å². The maximum atomic E-state index is 13.9. The Morgan fingerprint density at radius 1 is 0.870 bits per heavy atom. The molecule has 6 fully saturated rings. The molecule has 8 heteroatoms. The second kappa shape index (κ2) is 11.6. The number of aliphatic hydroxyl groups is 2. The van der Waals surface area contributed by atoms with Gasteiger partial charge < -0.3 is 20.0 Å². The van der Waals surface area contributed by atoms with Crippen LogP contribution in [0.3, 0.4) is 0 Å². The first-order valence-corrected chi connectivity index (χ1v) is 18.2. The monoisotopic (exact) mass is 628 g/mol. The van der Waals surface area contributed by atoms with Gasteiger partial charge in [-0.1, -0.05) is 38.1 Å². The summed E-state index contributed by atoms with van der Waals surface area (Å²) in [5.74, 6) is 2.48. The summed E-state index contributed by atoms with van der Waals surface area (Å²) in [5, 5.41) is 24.4. The molecule has 2 N–H and O–H groups in total. The third-order valence-corrected chi connectivity index (χ3v) is 14.4. The first-order chi connectivity index (χ1) is 22.2. The first kappa shape index (κ1) is 30.8. The molecule has 248 valence electrons. The van der Waals surface area contributed by atoms with Crippen LogP contribution in [0.1, 0.15) is 88.5 Å². The van der Waals surface area contributed by atoms with E-state index in [1.54, 1.807) is 11.1 Å². The SMILES string of the molecule is C[C@]12CC(N3CCN(C(=O)[C@@H]4CCCN4C(=O)c4cc5ccccc5cn4)CC3)C(O)CC1CC[C@@H]1[C@H]2CC[C@]2(C)C(O)CC[C@@H]12. The summed E-state index contributed by atoms with van der Waals surface area (Å²) in [6.45, 7) is 8.29. The largest absolute Gasteiger partial charge is 0.393 e. The van der Waals surface area contributed by atoms with Gasteiger partial charge in [0.25, 0.3) is 5.91 Å². The minimum Gasteiger partial charge on any atom is -0.393 e. The van der Waals surface area contributed by atoms with Gasteiger partial charge in [0.1, 0.15) is 11.7 Å². The van der Waals surface area contributed by atoms with Crippen LogP contribution in [0.15, 0.2) is 36.5 Å². The van der Waals surface area contributed by atoms with E-state index in [0.29, 0.717) is 55.4 Å². The number of pyridine rings is 1. The molecule has 2 saturated heterocycles. The van der Waals surface area contributed by atoms with Crippen molar-refractivity contribution >= 4 is 22.6 Å². The van der Waals surface area contributed by atoms with Gasteiger partial charge in [-0.3, -0.25) is 19.5 Å². The number of carbonyl (C=O) groups excluding carboxylic acids is 2. The lowest BCUT2D eigenvalue weighted by Crippen LogP contribution is -2.62. The Balaban J connectivity index is 0.922. The van der Waals surface area contributed by atoms with Crippen LogP contribution in [-0.4, -0.2) is 98.7 Å². The number of benzene rings is 1. The molecular formula is C38H52N4O4. The fourth-order valence-corrected chi connectivity index (χ4v) is 11.7. The van der Waals surface area contributed by atoms with Gasteiger partial charge >= 0.3 is 0 Å². The summed E-state index contributed by atoms with van der Waals surface area (Å²) in [6, 6.07) is 9.44. The highest BCUT2D eigenvalue weighted by molar-refractivity contribution is 5.99. The third kappa shape index (κ3) is 4.83. The number of hydrogen-bond donors (Lipinski definition) is 2. The highest BCUT2D eigenvalue weighted by Crippen LogP contribution is 2.66. The van der Waals surface area contributed by atoms with Crippen molar-refractivity contribution in [3.63, 3.8) is 0 Å². The zero-order valence-electron chi connectivity index (χ0n) is 27.7. The molecule has 0 radical (unpaired) electrons. The Morgan fingerprint density at radius 3 is 2.43 bits per heavy atom. The molecule has 2 aromatic rings. The second-order valence-corrected chi connectivity index (χ2v) is 16.3. The van der Waals surface area contributed by atoms with Crippen LogP contribution in [-0.2, 0) is 4.79 Å². The van der Waals surface area contributed by atoms with Crippen molar-refractivity contribution in [3.05, 3.63) is 42.2 Å². The Morgan fingerprint density at radius 2 is 1.63 bits per heavy atom. The second-order valence-electron chi connectivity index (χ2n) is 16.3. The number of nitrogens with zero attached hydrogens (tertiary/aromatic N) is 4. The minimum atomic E-state index is -0.433. The minimum absolute atomic E-state index is 0.0571. The van der Waals surface area contributed by atoms with Crippen LogP contribution in [0.5, 0.6) is 0 Å². The fourth-order valence-electron chi connectivity index (χ4n) is 11.7. The molecule has 4 aliphatic carbocycles. The van der Waals surface area contributed by atoms with Gasteiger partial charge in [-0.15, -0.1) is 0 Å². The molecule has 0 bridgehead atoms. The van der Waals surface area contributed by atoms with Gasteiger partial charge in [0.2, 0.25) is 5.91 Å². The maximum Gasteiger partial charge on any atom is 0.273 e. The lowest BCUT2D eigenvalue weighted by Gasteiger charge is -2.62. The maximum absolute atomic E-state index is 13.9. The van der Waals surface area contributed by atoms with E-state index in [9.17, 15) is 19.8 Å². The van der Waals surface area contributed by atoms with E-state index in [1.807, 2.05) is 35.2 Å². The number of aromatic nitrogens is 1. The number of piperazine rings is 1. The van der Waals surface area contributed by atoms with Crippen molar-refractivity contribution in [3.8, 4) is 0 Å². The van der Waals surface area contributed by atoms with Crippen molar-refractivity contribution in [2.45, 2.75) is 102 Å². The quantitative estimate of drug-likeness (QED) is 0.511. The topological polar surface area (TPSA) is 97.2 Å². The Labute approximate surface area is 273 Å². The zero-order chi connectivity index (χ0) is 31.8. The van der Waals surface area contributed by atoms with Crippen molar-refractivity contribution in [1.29, 1.82) is 0 Å². The molecule has 2 aliphatic heterocycles. The van der Waals surface area contributed by atoms with Crippen LogP contribution in [0.25, 0.3) is 10.8 Å². The third-order valence-electron chi connectivity index (χ3n) is 14.4. The van der Waals surface area contributed by atoms with E-state index < -0.39 is 6.04 Å². The summed E-state index contributed by atoms with van der Waals surface area (Å²) in [4.78, 5) is 38.1. The Kier molecular flexibility index (Phi) is 7.73. The van der Waals surface area contributed by atoms with Gasteiger partial charge in [0, 0.05) is 50.3 Å². The Bertz CT molecular complexity index is 1490. The normalized spacial score (nSPS) is 41.2. The summed E-state index contributed by atoms with van der Waals surface area (Å²) in [5.41, 5.74) is 0.709. The van der Waals surface area contributed by atoms with Crippen LogP contribution >= 0.6 is 0 Å². The molecule has 8 nitrogen and oxygen atoms in total. The van der Waals surface area contributed by atoms with Crippen LogP contribution in [0.4, 0.5) is 0 Å². The average molecular weight is 629 g/mol. The van der Waals surface area contributed by atoms with Gasteiger partial charge in [0.15, 0.2) is 0 Å². The number of likely N-dealkylation sites (tertiary alicyclic amines) is 1. The zero-order valence-corrected chi connectivity index (χ0v) is 27.7. The molecule has 3 heterocycles. The molecule has 1 aromatic heterocycles. The van der Waals surface area contributed by atoms with Gasteiger partial charge in [0.05, 0.1) is 12.2 Å². The average Bonchev–Trinajstić information content (AvgIpc) is 3.68. The number of hydrogen-bond acceptors (Lipinski definition) is 6. The first-order valence-electron chi connectivity index (χ1n) is 18.2.